The second-order valence-electron chi connectivity index (χ2n) is 7.53. The average Bonchev–Trinajstić information content (AvgIpc) is 2.84. The summed E-state index contributed by atoms with van der Waals surface area (Å²) in [5.41, 5.74) is 1.99. The zero-order valence-electron chi connectivity index (χ0n) is 20.2. The first-order chi connectivity index (χ1) is 16.0. The van der Waals surface area contributed by atoms with Crippen LogP contribution in [0.2, 0.25) is 0 Å². The van der Waals surface area contributed by atoms with E-state index in [1.807, 2.05) is 30.3 Å². The molecule has 0 spiro atoms. The number of carboxylic acid groups (broad SMARTS) is 1. The van der Waals surface area contributed by atoms with Gasteiger partial charge in [-0.05, 0) is 35.4 Å². The fraction of sp³-hybridized carbons (Fsp3) is 0.192. The Hall–Kier alpha value is -3.13. The molecule has 172 valence electrons. The van der Waals surface area contributed by atoms with Gasteiger partial charge < -0.3 is 21.9 Å². The SMILES string of the molecule is COc1ccc(C[C@H](NC(=O)[C@H](Cc2ccccc2)NC(=O)c2ccccc2)C(=O)O)cc1.[H-].[Na+]. The van der Waals surface area contributed by atoms with Gasteiger partial charge in [0, 0.05) is 18.4 Å². The quantitative estimate of drug-likeness (QED) is 0.361. The minimum Gasteiger partial charge on any atom is -1.00 e. The number of carbonyl (C=O) groups is 3. The summed E-state index contributed by atoms with van der Waals surface area (Å²) in [6, 6.07) is 22.7. The maximum atomic E-state index is 13.1. The summed E-state index contributed by atoms with van der Waals surface area (Å²) in [7, 11) is 1.55. The topological polar surface area (TPSA) is 105 Å². The molecule has 0 unspecified atom stereocenters. The molecule has 0 aliphatic rings. The zero-order chi connectivity index (χ0) is 23.6. The van der Waals surface area contributed by atoms with Gasteiger partial charge in [0.15, 0.2) is 0 Å². The molecule has 0 fully saturated rings. The molecule has 8 heteroatoms. The minimum absolute atomic E-state index is 0. The Balaban J connectivity index is 0.00000306. The second-order valence-corrected chi connectivity index (χ2v) is 7.53. The van der Waals surface area contributed by atoms with Gasteiger partial charge in [-0.2, -0.15) is 0 Å². The van der Waals surface area contributed by atoms with E-state index in [0.717, 1.165) is 11.1 Å². The van der Waals surface area contributed by atoms with Crippen molar-refractivity contribution in [2.24, 2.45) is 0 Å². The van der Waals surface area contributed by atoms with Gasteiger partial charge in [0.2, 0.25) is 5.91 Å². The van der Waals surface area contributed by atoms with Gasteiger partial charge in [0.05, 0.1) is 7.11 Å². The molecule has 3 N–H and O–H groups in total. The monoisotopic (exact) mass is 470 g/mol. The van der Waals surface area contributed by atoms with Gasteiger partial charge in [-0.15, -0.1) is 0 Å². The molecule has 2 atom stereocenters. The van der Waals surface area contributed by atoms with Crippen LogP contribution in [0.1, 0.15) is 22.9 Å². The Labute approximate surface area is 222 Å². The minimum atomic E-state index is -1.16. The maximum absolute atomic E-state index is 13.1. The Morgan fingerprint density at radius 2 is 1.32 bits per heavy atom. The van der Waals surface area contributed by atoms with Crippen LogP contribution in [-0.4, -0.2) is 42.1 Å². The molecule has 0 aliphatic heterocycles. The van der Waals surface area contributed by atoms with Crippen molar-refractivity contribution in [2.75, 3.05) is 7.11 Å². The molecular weight excluding hydrogens is 443 g/mol. The first kappa shape index (κ1) is 27.1. The van der Waals surface area contributed by atoms with Crippen molar-refractivity contribution in [1.82, 2.24) is 10.6 Å². The molecular formula is C26H27N2NaO5. The van der Waals surface area contributed by atoms with E-state index in [2.05, 4.69) is 10.6 Å². The van der Waals surface area contributed by atoms with E-state index in [1.165, 1.54) is 0 Å². The van der Waals surface area contributed by atoms with Crippen molar-refractivity contribution in [3.8, 4) is 5.75 Å². The molecule has 0 aromatic heterocycles. The summed E-state index contributed by atoms with van der Waals surface area (Å²) < 4.78 is 5.12. The first-order valence-corrected chi connectivity index (χ1v) is 10.5. The number of carbonyl (C=O) groups excluding carboxylic acids is 2. The van der Waals surface area contributed by atoms with E-state index in [4.69, 9.17) is 4.74 Å². The third kappa shape index (κ3) is 8.02. The summed E-state index contributed by atoms with van der Waals surface area (Å²) >= 11 is 0. The molecule has 7 nitrogen and oxygen atoms in total. The average molecular weight is 471 g/mol. The third-order valence-electron chi connectivity index (χ3n) is 5.15. The summed E-state index contributed by atoms with van der Waals surface area (Å²) in [5.74, 6) is -1.48. The molecule has 0 saturated carbocycles. The van der Waals surface area contributed by atoms with Crippen molar-refractivity contribution in [1.29, 1.82) is 0 Å². The zero-order valence-corrected chi connectivity index (χ0v) is 21.2. The number of carboxylic acids is 1. The molecule has 0 saturated heterocycles. The van der Waals surface area contributed by atoms with E-state index in [0.29, 0.717) is 11.3 Å². The predicted octanol–water partition coefficient (Wildman–Crippen LogP) is -0.0351. The van der Waals surface area contributed by atoms with E-state index < -0.39 is 29.9 Å². The van der Waals surface area contributed by atoms with Gasteiger partial charge in [0.25, 0.3) is 5.91 Å². The number of benzene rings is 3. The fourth-order valence-corrected chi connectivity index (χ4v) is 3.36. The molecule has 3 rings (SSSR count). The molecule has 34 heavy (non-hydrogen) atoms. The smallest absolute Gasteiger partial charge is 1.00 e. The van der Waals surface area contributed by atoms with Crippen LogP contribution in [0.5, 0.6) is 5.75 Å². The van der Waals surface area contributed by atoms with Gasteiger partial charge in [-0.1, -0.05) is 60.7 Å². The van der Waals surface area contributed by atoms with E-state index in [-0.39, 0.29) is 43.8 Å². The van der Waals surface area contributed by atoms with Crippen molar-refractivity contribution < 1.29 is 55.2 Å². The number of aliphatic carboxylic acids is 1. The Kier molecular flexibility index (Phi) is 10.8. The van der Waals surface area contributed by atoms with Crippen LogP contribution >= 0.6 is 0 Å². The Morgan fingerprint density at radius 1 is 0.794 bits per heavy atom. The van der Waals surface area contributed by atoms with Gasteiger partial charge in [0.1, 0.15) is 17.8 Å². The van der Waals surface area contributed by atoms with Gasteiger partial charge >= 0.3 is 35.5 Å². The summed E-state index contributed by atoms with van der Waals surface area (Å²) in [4.78, 5) is 37.7. The number of amides is 2. The number of hydrogen-bond donors (Lipinski definition) is 3. The van der Waals surface area contributed by atoms with Crippen LogP contribution in [-0.2, 0) is 22.4 Å². The normalized spacial score (nSPS) is 11.9. The summed E-state index contributed by atoms with van der Waals surface area (Å²) in [6.45, 7) is 0. The Morgan fingerprint density at radius 3 is 1.88 bits per heavy atom. The molecule has 0 bridgehead atoms. The number of ether oxygens (including phenoxy) is 1. The van der Waals surface area contributed by atoms with Crippen LogP contribution in [0.15, 0.2) is 84.9 Å². The number of methoxy groups -OCH3 is 1. The van der Waals surface area contributed by atoms with Crippen LogP contribution in [0, 0.1) is 0 Å². The Bertz CT molecular complexity index is 1080. The van der Waals surface area contributed by atoms with Crippen LogP contribution in [0.3, 0.4) is 0 Å². The predicted molar refractivity (Wildman–Crippen MR) is 125 cm³/mol. The van der Waals surface area contributed by atoms with E-state index in [1.54, 1.807) is 61.7 Å². The van der Waals surface area contributed by atoms with Crippen molar-refractivity contribution in [3.63, 3.8) is 0 Å². The summed E-state index contributed by atoms with van der Waals surface area (Å²) in [5, 5.41) is 15.0. The number of rotatable bonds is 10. The first-order valence-electron chi connectivity index (χ1n) is 10.5. The van der Waals surface area contributed by atoms with Gasteiger partial charge in [-0.3, -0.25) is 9.59 Å². The third-order valence-corrected chi connectivity index (χ3v) is 5.15. The molecule has 0 heterocycles. The van der Waals surface area contributed by atoms with Crippen molar-refractivity contribution in [2.45, 2.75) is 24.9 Å². The second kappa shape index (κ2) is 13.5. The fourth-order valence-electron chi connectivity index (χ4n) is 3.36. The summed E-state index contributed by atoms with van der Waals surface area (Å²) in [6.07, 6.45) is 0.315. The van der Waals surface area contributed by atoms with Gasteiger partial charge in [-0.25, -0.2) is 4.79 Å². The van der Waals surface area contributed by atoms with Crippen molar-refractivity contribution >= 4 is 17.8 Å². The maximum Gasteiger partial charge on any atom is 1.00 e. The number of nitrogens with one attached hydrogen (secondary N) is 2. The molecule has 3 aromatic carbocycles. The standard InChI is InChI=1S/C26H26N2O5.Na.H/c1-33-21-14-12-19(13-15-21)17-23(26(31)32)28-25(30)22(16-18-8-4-2-5-9-18)27-24(29)20-10-6-3-7-11-20;;/h2-15,22-23H,16-17H2,1H3,(H,27,29)(H,28,30)(H,31,32);;/q;+1;-1/t22-,23-;;/m0../s1. The largest absolute Gasteiger partial charge is 1.00 e. The van der Waals surface area contributed by atoms with Crippen molar-refractivity contribution in [3.05, 3.63) is 102 Å². The number of hydrogen-bond acceptors (Lipinski definition) is 4. The molecule has 3 aromatic rings. The van der Waals surface area contributed by atoms with E-state index in [9.17, 15) is 19.5 Å². The van der Waals surface area contributed by atoms with E-state index >= 15 is 0 Å². The molecule has 0 aliphatic carbocycles. The van der Waals surface area contributed by atoms with Crippen LogP contribution in [0.4, 0.5) is 0 Å². The van der Waals surface area contributed by atoms with Crippen LogP contribution < -0.4 is 44.9 Å². The van der Waals surface area contributed by atoms with Crippen LogP contribution in [0.25, 0.3) is 0 Å². The molecule has 0 radical (unpaired) electrons. The molecule has 2 amide bonds.